The smallest absolute Gasteiger partial charge is 0.243 e. The number of anilines is 1. The summed E-state index contributed by atoms with van der Waals surface area (Å²) < 4.78 is 26.2. The second-order valence-corrected chi connectivity index (χ2v) is 9.35. The van der Waals surface area contributed by atoms with E-state index < -0.39 is 10.0 Å². The first-order valence-corrected chi connectivity index (χ1v) is 11.2. The Morgan fingerprint density at radius 3 is 2.57 bits per heavy atom. The highest BCUT2D eigenvalue weighted by molar-refractivity contribution is 7.89. The fourth-order valence-electron chi connectivity index (χ4n) is 2.91. The van der Waals surface area contributed by atoms with Gasteiger partial charge in [-0.15, -0.1) is 0 Å². The number of aromatic nitrogens is 1. The van der Waals surface area contributed by atoms with Crippen molar-refractivity contribution >= 4 is 44.1 Å². The molecule has 7 nitrogen and oxygen atoms in total. The van der Waals surface area contributed by atoms with Gasteiger partial charge in [-0.25, -0.2) is 8.42 Å². The monoisotopic (exact) mass is 446 g/mol. The summed E-state index contributed by atoms with van der Waals surface area (Å²) in [5.41, 5.74) is 2.62. The summed E-state index contributed by atoms with van der Waals surface area (Å²) in [6.45, 7) is 2.44. The van der Waals surface area contributed by atoms with Gasteiger partial charge >= 0.3 is 0 Å². The van der Waals surface area contributed by atoms with Gasteiger partial charge in [-0.1, -0.05) is 29.3 Å². The zero-order chi connectivity index (χ0) is 21.7. The lowest BCUT2D eigenvalue weighted by Crippen LogP contribution is -2.39. The minimum Gasteiger partial charge on any atom is -0.383 e. The number of hydrogen-bond acceptors (Lipinski definition) is 5. The number of benzene rings is 2. The van der Waals surface area contributed by atoms with Crippen LogP contribution in [0.3, 0.4) is 0 Å². The summed E-state index contributed by atoms with van der Waals surface area (Å²) in [4.78, 5) is 16.6. The SMILES string of the molecule is Cc1ccc(S(=O)(=O)N(C)CC(=O)NCCNc2ccnc3cc(Cl)ccc23)cc1. The fraction of sp³-hybridized carbons (Fsp3) is 0.238. The van der Waals surface area contributed by atoms with Crippen LogP contribution in [0.5, 0.6) is 0 Å². The van der Waals surface area contributed by atoms with Crippen molar-refractivity contribution < 1.29 is 13.2 Å². The Morgan fingerprint density at radius 1 is 1.10 bits per heavy atom. The molecule has 0 bridgehead atoms. The lowest BCUT2D eigenvalue weighted by Gasteiger charge is -2.17. The standard InChI is InChI=1S/C21H23ClN4O3S/c1-15-3-6-17(7-4-15)30(28,29)26(2)14-21(27)25-12-11-24-19-9-10-23-20-13-16(22)5-8-18(19)20/h3-10,13H,11-12,14H2,1-2H3,(H,23,24)(H,25,27). The quantitative estimate of drug-likeness (QED) is 0.519. The topological polar surface area (TPSA) is 91.4 Å². The van der Waals surface area contributed by atoms with Gasteiger partial charge in [0.15, 0.2) is 0 Å². The maximum Gasteiger partial charge on any atom is 0.243 e. The number of halogens is 1. The number of fused-ring (bicyclic) bond motifs is 1. The average Bonchev–Trinajstić information content (AvgIpc) is 2.71. The van der Waals surface area contributed by atoms with Gasteiger partial charge in [0.2, 0.25) is 15.9 Å². The number of carbonyl (C=O) groups excluding carboxylic acids is 1. The molecule has 1 aromatic heterocycles. The van der Waals surface area contributed by atoms with Crippen LogP contribution in [0.4, 0.5) is 5.69 Å². The highest BCUT2D eigenvalue weighted by Crippen LogP contribution is 2.24. The van der Waals surface area contributed by atoms with Crippen molar-refractivity contribution in [1.29, 1.82) is 0 Å². The van der Waals surface area contributed by atoms with Crippen molar-refractivity contribution in [2.45, 2.75) is 11.8 Å². The lowest BCUT2D eigenvalue weighted by atomic mass is 10.2. The number of hydrogen-bond donors (Lipinski definition) is 2. The van der Waals surface area contributed by atoms with Crippen LogP contribution in [0.2, 0.25) is 5.02 Å². The first-order chi connectivity index (χ1) is 14.3. The van der Waals surface area contributed by atoms with Crippen LogP contribution in [0.25, 0.3) is 10.9 Å². The molecule has 3 aromatic rings. The van der Waals surface area contributed by atoms with Gasteiger partial charge in [0.1, 0.15) is 0 Å². The molecule has 1 heterocycles. The molecule has 158 valence electrons. The molecule has 3 rings (SSSR count). The van der Waals surface area contributed by atoms with Crippen molar-refractivity contribution in [1.82, 2.24) is 14.6 Å². The Bertz CT molecular complexity index is 1150. The number of sulfonamides is 1. The van der Waals surface area contributed by atoms with E-state index in [0.717, 1.165) is 26.5 Å². The zero-order valence-corrected chi connectivity index (χ0v) is 18.3. The summed E-state index contributed by atoms with van der Waals surface area (Å²) in [5.74, 6) is -0.374. The van der Waals surface area contributed by atoms with Crippen molar-refractivity contribution in [3.8, 4) is 0 Å². The molecule has 30 heavy (non-hydrogen) atoms. The van der Waals surface area contributed by atoms with E-state index >= 15 is 0 Å². The van der Waals surface area contributed by atoms with Crippen LogP contribution in [0.1, 0.15) is 5.56 Å². The summed E-state index contributed by atoms with van der Waals surface area (Å²) in [7, 11) is -2.32. The van der Waals surface area contributed by atoms with Crippen LogP contribution in [0, 0.1) is 6.92 Å². The third kappa shape index (κ3) is 5.27. The Morgan fingerprint density at radius 2 is 1.83 bits per heavy atom. The number of amides is 1. The maximum atomic E-state index is 12.6. The molecule has 0 atom stereocenters. The Labute approximate surface area is 181 Å². The first kappa shape index (κ1) is 22.0. The van der Waals surface area contributed by atoms with Gasteiger partial charge in [-0.05, 0) is 43.3 Å². The van der Waals surface area contributed by atoms with E-state index in [1.165, 1.54) is 19.2 Å². The number of pyridine rings is 1. The van der Waals surface area contributed by atoms with E-state index in [1.54, 1.807) is 30.5 Å². The molecule has 0 fully saturated rings. The van der Waals surface area contributed by atoms with E-state index in [2.05, 4.69) is 15.6 Å². The van der Waals surface area contributed by atoms with E-state index in [0.29, 0.717) is 18.1 Å². The van der Waals surface area contributed by atoms with E-state index in [9.17, 15) is 13.2 Å². The predicted molar refractivity (Wildman–Crippen MR) is 119 cm³/mol. The van der Waals surface area contributed by atoms with Crippen LogP contribution in [-0.4, -0.2) is 50.3 Å². The molecule has 0 saturated carbocycles. The molecule has 9 heteroatoms. The van der Waals surface area contributed by atoms with Crippen LogP contribution in [0.15, 0.2) is 59.6 Å². The van der Waals surface area contributed by atoms with Crippen LogP contribution >= 0.6 is 11.6 Å². The first-order valence-electron chi connectivity index (χ1n) is 9.35. The van der Waals surface area contributed by atoms with Gasteiger partial charge in [-0.3, -0.25) is 9.78 Å². The van der Waals surface area contributed by atoms with Crippen LogP contribution < -0.4 is 10.6 Å². The lowest BCUT2D eigenvalue weighted by molar-refractivity contribution is -0.121. The molecule has 0 aliphatic heterocycles. The van der Waals surface area contributed by atoms with E-state index in [4.69, 9.17) is 11.6 Å². The molecule has 0 saturated heterocycles. The number of nitrogens with zero attached hydrogens (tertiary/aromatic N) is 2. The van der Waals surface area contributed by atoms with Gasteiger partial charge < -0.3 is 10.6 Å². The zero-order valence-electron chi connectivity index (χ0n) is 16.7. The third-order valence-electron chi connectivity index (χ3n) is 4.56. The highest BCUT2D eigenvalue weighted by Gasteiger charge is 2.22. The predicted octanol–water partition coefficient (Wildman–Crippen LogP) is 3.05. The second kappa shape index (κ2) is 9.42. The number of likely N-dealkylation sites (N-methyl/N-ethyl adjacent to an activating group) is 1. The van der Waals surface area contributed by atoms with Crippen molar-refractivity contribution in [2.75, 3.05) is 32.0 Å². The molecule has 0 aliphatic carbocycles. The summed E-state index contributed by atoms with van der Waals surface area (Å²) in [5, 5.41) is 7.52. The molecule has 0 aliphatic rings. The van der Waals surface area contributed by atoms with Crippen molar-refractivity contribution in [3.05, 3.63) is 65.3 Å². The molecule has 1 amide bonds. The molecule has 2 N–H and O–H groups in total. The van der Waals surface area contributed by atoms with E-state index in [-0.39, 0.29) is 17.3 Å². The van der Waals surface area contributed by atoms with Gasteiger partial charge in [0, 0.05) is 42.4 Å². The fourth-order valence-corrected chi connectivity index (χ4v) is 4.20. The molecular formula is C21H23ClN4O3S. The number of carbonyl (C=O) groups is 1. The van der Waals surface area contributed by atoms with E-state index in [1.807, 2.05) is 19.1 Å². The van der Waals surface area contributed by atoms with Gasteiger partial charge in [-0.2, -0.15) is 4.31 Å². The molecule has 2 aromatic carbocycles. The molecule has 0 radical (unpaired) electrons. The maximum absolute atomic E-state index is 12.6. The summed E-state index contributed by atoms with van der Waals surface area (Å²) >= 11 is 6.00. The molecular weight excluding hydrogens is 424 g/mol. The highest BCUT2D eigenvalue weighted by atomic mass is 35.5. The largest absolute Gasteiger partial charge is 0.383 e. The number of nitrogens with one attached hydrogen (secondary N) is 2. The summed E-state index contributed by atoms with van der Waals surface area (Å²) in [6, 6.07) is 13.8. The number of aryl methyl sites for hydroxylation is 1. The van der Waals surface area contributed by atoms with Crippen molar-refractivity contribution in [3.63, 3.8) is 0 Å². The third-order valence-corrected chi connectivity index (χ3v) is 6.62. The van der Waals surface area contributed by atoms with Gasteiger partial charge in [0.05, 0.1) is 17.0 Å². The van der Waals surface area contributed by atoms with Crippen LogP contribution in [-0.2, 0) is 14.8 Å². The minimum absolute atomic E-state index is 0.162. The number of rotatable bonds is 8. The van der Waals surface area contributed by atoms with Crippen molar-refractivity contribution in [2.24, 2.45) is 0 Å². The Balaban J connectivity index is 1.51. The molecule has 0 spiro atoms. The normalized spacial score (nSPS) is 11.6. The molecule has 0 unspecified atom stereocenters. The van der Waals surface area contributed by atoms with Gasteiger partial charge in [0.25, 0.3) is 0 Å². The minimum atomic E-state index is -3.71. The summed E-state index contributed by atoms with van der Waals surface area (Å²) in [6.07, 6.45) is 1.68. The average molecular weight is 447 g/mol. The Kier molecular flexibility index (Phi) is 6.91. The Hall–Kier alpha value is -2.68. The second-order valence-electron chi connectivity index (χ2n) is 6.87.